The van der Waals surface area contributed by atoms with Crippen LogP contribution in [0.1, 0.15) is 18.5 Å². The Bertz CT molecular complexity index is 590. The quantitative estimate of drug-likeness (QED) is 0.597. The molecule has 1 amide bonds. The number of nitrogens with zero attached hydrogens (tertiary/aromatic N) is 3. The number of aromatic nitrogens is 2. The summed E-state index contributed by atoms with van der Waals surface area (Å²) in [7, 11) is 0. The number of benzene rings is 1. The molecular formula is C15H17N3O2. The summed E-state index contributed by atoms with van der Waals surface area (Å²) in [5, 5.41) is 4.43. The van der Waals surface area contributed by atoms with Crippen LogP contribution in [0.5, 0.6) is 5.88 Å². The number of hydrogen-bond acceptors (Lipinski definition) is 3. The molecule has 1 fully saturated rings. The van der Waals surface area contributed by atoms with Gasteiger partial charge in [-0.3, -0.25) is 4.79 Å². The second-order valence-electron chi connectivity index (χ2n) is 5.00. The maximum Gasteiger partial charge on any atom is 0.218 e. The van der Waals surface area contributed by atoms with Gasteiger partial charge in [-0.15, -0.1) is 0 Å². The van der Waals surface area contributed by atoms with E-state index in [9.17, 15) is 4.79 Å². The molecule has 1 saturated carbocycles. The van der Waals surface area contributed by atoms with Gasteiger partial charge in [0.25, 0.3) is 0 Å². The molecule has 0 atom stereocenters. The van der Waals surface area contributed by atoms with E-state index in [-0.39, 0.29) is 6.73 Å². The summed E-state index contributed by atoms with van der Waals surface area (Å²) in [4.78, 5) is 12.7. The third-order valence-electron chi connectivity index (χ3n) is 3.31. The van der Waals surface area contributed by atoms with E-state index in [2.05, 4.69) is 5.10 Å². The Balaban J connectivity index is 1.77. The Morgan fingerprint density at radius 1 is 1.40 bits per heavy atom. The number of carbonyl (C=O) groups is 1. The van der Waals surface area contributed by atoms with Gasteiger partial charge in [0.1, 0.15) is 0 Å². The number of amides is 1. The molecule has 0 spiro atoms. The lowest BCUT2D eigenvalue weighted by molar-refractivity contribution is -0.121. The zero-order valence-electron chi connectivity index (χ0n) is 11.4. The molecule has 0 aliphatic heterocycles. The van der Waals surface area contributed by atoms with Gasteiger partial charge in [-0.25, -0.2) is 4.68 Å². The van der Waals surface area contributed by atoms with Gasteiger partial charge in [-0.1, -0.05) is 18.2 Å². The lowest BCUT2D eigenvalue weighted by Crippen LogP contribution is -2.29. The van der Waals surface area contributed by atoms with Crippen molar-refractivity contribution < 1.29 is 9.53 Å². The van der Waals surface area contributed by atoms with E-state index in [1.54, 1.807) is 9.58 Å². The van der Waals surface area contributed by atoms with E-state index in [0.29, 0.717) is 11.9 Å². The van der Waals surface area contributed by atoms with Crippen LogP contribution >= 0.6 is 0 Å². The molecule has 0 unspecified atom stereocenters. The van der Waals surface area contributed by atoms with Crippen molar-refractivity contribution in [2.45, 2.75) is 25.8 Å². The van der Waals surface area contributed by atoms with Crippen LogP contribution in [-0.2, 0) is 4.79 Å². The van der Waals surface area contributed by atoms with Crippen LogP contribution in [0.3, 0.4) is 0 Å². The Morgan fingerprint density at radius 3 is 2.80 bits per heavy atom. The summed E-state index contributed by atoms with van der Waals surface area (Å²) in [5.41, 5.74) is 1.83. The van der Waals surface area contributed by atoms with Crippen molar-refractivity contribution in [1.82, 2.24) is 14.7 Å². The predicted octanol–water partition coefficient (Wildman–Crippen LogP) is 2.14. The largest absolute Gasteiger partial charge is 0.456 e. The topological polar surface area (TPSA) is 47.4 Å². The van der Waals surface area contributed by atoms with Gasteiger partial charge in [0, 0.05) is 12.1 Å². The zero-order valence-corrected chi connectivity index (χ0v) is 11.4. The van der Waals surface area contributed by atoms with E-state index in [1.807, 2.05) is 43.3 Å². The van der Waals surface area contributed by atoms with Crippen LogP contribution in [0, 0.1) is 6.92 Å². The number of ether oxygens (including phenoxy) is 1. The van der Waals surface area contributed by atoms with Crippen molar-refractivity contribution in [3.8, 4) is 11.6 Å². The van der Waals surface area contributed by atoms with Crippen molar-refractivity contribution in [3.05, 3.63) is 42.1 Å². The lowest BCUT2D eigenvalue weighted by atomic mass is 10.3. The Labute approximate surface area is 117 Å². The van der Waals surface area contributed by atoms with Crippen LogP contribution < -0.4 is 4.74 Å². The predicted molar refractivity (Wildman–Crippen MR) is 74.7 cm³/mol. The van der Waals surface area contributed by atoms with Crippen LogP contribution in [0.15, 0.2) is 36.4 Å². The highest BCUT2D eigenvalue weighted by Crippen LogP contribution is 2.26. The van der Waals surface area contributed by atoms with Crippen LogP contribution in [0.25, 0.3) is 5.69 Å². The molecule has 20 heavy (non-hydrogen) atoms. The molecular weight excluding hydrogens is 254 g/mol. The van der Waals surface area contributed by atoms with E-state index >= 15 is 0 Å². The Hall–Kier alpha value is -2.30. The highest BCUT2D eigenvalue weighted by Gasteiger charge is 2.28. The number of aryl methyl sites for hydroxylation is 1. The highest BCUT2D eigenvalue weighted by atomic mass is 16.5. The average Bonchev–Trinajstić information content (AvgIpc) is 3.24. The summed E-state index contributed by atoms with van der Waals surface area (Å²) in [6, 6.07) is 12.0. The normalized spacial score (nSPS) is 14.1. The number of rotatable bonds is 6. The first-order valence-electron chi connectivity index (χ1n) is 6.74. The SMILES string of the molecule is Cc1cc(OCN(C=O)C2CC2)n(-c2ccccc2)n1. The first kappa shape index (κ1) is 12.7. The molecule has 104 valence electrons. The second-order valence-corrected chi connectivity index (χ2v) is 5.00. The molecule has 0 bridgehead atoms. The molecule has 3 rings (SSSR count). The molecule has 0 N–H and O–H groups in total. The minimum absolute atomic E-state index is 0.270. The standard InChI is InChI=1S/C15H17N3O2/c1-12-9-15(20-11-17(10-19)13-7-8-13)18(16-12)14-5-3-2-4-6-14/h2-6,9-10,13H,7-8,11H2,1H3. The Morgan fingerprint density at radius 2 is 2.15 bits per heavy atom. The lowest BCUT2D eigenvalue weighted by Gasteiger charge is -2.17. The Kier molecular flexibility index (Phi) is 3.41. The van der Waals surface area contributed by atoms with Gasteiger partial charge in [-0.05, 0) is 31.9 Å². The molecule has 2 aromatic rings. The molecule has 5 nitrogen and oxygen atoms in total. The number of para-hydroxylation sites is 1. The summed E-state index contributed by atoms with van der Waals surface area (Å²) in [5.74, 6) is 0.654. The van der Waals surface area contributed by atoms with E-state index in [1.165, 1.54) is 0 Å². The van der Waals surface area contributed by atoms with Gasteiger partial charge in [-0.2, -0.15) is 5.10 Å². The van der Waals surface area contributed by atoms with Crippen molar-refractivity contribution in [1.29, 1.82) is 0 Å². The monoisotopic (exact) mass is 271 g/mol. The molecule has 1 aliphatic carbocycles. The maximum atomic E-state index is 11.0. The van der Waals surface area contributed by atoms with Crippen molar-refractivity contribution in [2.75, 3.05) is 6.73 Å². The summed E-state index contributed by atoms with van der Waals surface area (Å²) in [6.07, 6.45) is 2.99. The van der Waals surface area contributed by atoms with Gasteiger partial charge in [0.05, 0.1) is 11.4 Å². The van der Waals surface area contributed by atoms with Crippen molar-refractivity contribution >= 4 is 6.41 Å². The van der Waals surface area contributed by atoms with Gasteiger partial charge >= 0.3 is 0 Å². The molecule has 0 radical (unpaired) electrons. The van der Waals surface area contributed by atoms with E-state index in [0.717, 1.165) is 30.6 Å². The van der Waals surface area contributed by atoms with Gasteiger partial charge < -0.3 is 9.64 Å². The average molecular weight is 271 g/mol. The number of carbonyl (C=O) groups excluding carboxylic acids is 1. The minimum atomic E-state index is 0.270. The molecule has 1 aliphatic rings. The minimum Gasteiger partial charge on any atom is -0.456 e. The van der Waals surface area contributed by atoms with E-state index in [4.69, 9.17) is 4.74 Å². The van der Waals surface area contributed by atoms with Crippen molar-refractivity contribution in [2.24, 2.45) is 0 Å². The van der Waals surface area contributed by atoms with Crippen LogP contribution in [0.4, 0.5) is 0 Å². The van der Waals surface area contributed by atoms with Crippen LogP contribution in [-0.4, -0.2) is 33.9 Å². The molecule has 1 aromatic heterocycles. The number of hydrogen-bond donors (Lipinski definition) is 0. The first-order chi connectivity index (χ1) is 9.78. The second kappa shape index (κ2) is 5.36. The molecule has 1 aromatic carbocycles. The van der Waals surface area contributed by atoms with Gasteiger partial charge in [0.15, 0.2) is 6.73 Å². The third-order valence-corrected chi connectivity index (χ3v) is 3.31. The summed E-state index contributed by atoms with van der Waals surface area (Å²) >= 11 is 0. The summed E-state index contributed by atoms with van der Waals surface area (Å²) in [6.45, 7) is 2.19. The molecule has 0 saturated heterocycles. The van der Waals surface area contributed by atoms with Crippen LogP contribution in [0.2, 0.25) is 0 Å². The maximum absolute atomic E-state index is 11.0. The summed E-state index contributed by atoms with van der Waals surface area (Å²) < 4.78 is 7.52. The fourth-order valence-corrected chi connectivity index (χ4v) is 2.10. The van der Waals surface area contributed by atoms with Crippen molar-refractivity contribution in [3.63, 3.8) is 0 Å². The fourth-order valence-electron chi connectivity index (χ4n) is 2.10. The van der Waals surface area contributed by atoms with E-state index < -0.39 is 0 Å². The zero-order chi connectivity index (χ0) is 13.9. The first-order valence-corrected chi connectivity index (χ1v) is 6.74. The molecule has 5 heteroatoms. The third kappa shape index (κ3) is 2.66. The molecule has 1 heterocycles. The highest BCUT2D eigenvalue weighted by molar-refractivity contribution is 5.48. The smallest absolute Gasteiger partial charge is 0.218 e. The van der Waals surface area contributed by atoms with Gasteiger partial charge in [0.2, 0.25) is 12.3 Å². The fraction of sp³-hybridized carbons (Fsp3) is 0.333.